The average molecular weight is 257 g/mol. The Balaban J connectivity index is 2.36. The largest absolute Gasteiger partial charge is 0.365 e. The molecule has 0 radical (unpaired) electrons. The summed E-state index contributed by atoms with van der Waals surface area (Å²) in [7, 11) is 0. The van der Waals surface area contributed by atoms with Crippen LogP contribution in [0.3, 0.4) is 0 Å². The summed E-state index contributed by atoms with van der Waals surface area (Å²) in [4.78, 5) is 4.23. The van der Waals surface area contributed by atoms with Gasteiger partial charge in [0.1, 0.15) is 11.7 Å². The van der Waals surface area contributed by atoms with Crippen LogP contribution in [-0.2, 0) is 0 Å². The van der Waals surface area contributed by atoms with Crippen LogP contribution in [0.5, 0.6) is 0 Å². The molecule has 1 aromatic rings. The minimum Gasteiger partial charge on any atom is -0.365 e. The third-order valence-corrected chi connectivity index (χ3v) is 2.58. The summed E-state index contributed by atoms with van der Waals surface area (Å²) < 4.78 is 14.3. The van der Waals surface area contributed by atoms with Crippen LogP contribution in [0.1, 0.15) is 12.5 Å². The molecule has 4 heteroatoms. The van der Waals surface area contributed by atoms with Crippen LogP contribution in [-0.4, -0.2) is 18.4 Å². The lowest BCUT2D eigenvalue weighted by molar-refractivity contribution is 0.623. The maximum atomic E-state index is 13.4. The number of rotatable bonds is 1. The van der Waals surface area contributed by atoms with Crippen LogP contribution in [0, 0.1) is 5.82 Å². The van der Waals surface area contributed by atoms with Crippen molar-refractivity contribution < 1.29 is 4.39 Å². The van der Waals surface area contributed by atoms with Gasteiger partial charge < -0.3 is 5.32 Å². The normalized spacial score (nSPS) is 20.5. The standard InChI is InChI=1S/C10H10BrFN2/c1-6-5-13-10(14-6)8-4-7(11)2-3-9(8)12/h2-4,6H,5H2,1H3,(H,13,14). The highest BCUT2D eigenvalue weighted by molar-refractivity contribution is 9.10. The lowest BCUT2D eigenvalue weighted by Gasteiger charge is -2.07. The van der Waals surface area contributed by atoms with Gasteiger partial charge in [-0.1, -0.05) is 15.9 Å². The Morgan fingerprint density at radius 3 is 3.00 bits per heavy atom. The maximum Gasteiger partial charge on any atom is 0.134 e. The van der Waals surface area contributed by atoms with Crippen molar-refractivity contribution in [1.82, 2.24) is 5.32 Å². The molecule has 0 aliphatic carbocycles. The molecule has 1 aliphatic rings. The molecule has 0 bridgehead atoms. The lowest BCUT2D eigenvalue weighted by Crippen LogP contribution is -2.28. The predicted octanol–water partition coefficient (Wildman–Crippen LogP) is 2.33. The van der Waals surface area contributed by atoms with Gasteiger partial charge in [-0.25, -0.2) is 4.39 Å². The molecule has 2 nitrogen and oxygen atoms in total. The van der Waals surface area contributed by atoms with Crippen molar-refractivity contribution in [2.24, 2.45) is 4.99 Å². The van der Waals surface area contributed by atoms with Crippen LogP contribution < -0.4 is 5.32 Å². The molecule has 0 spiro atoms. The number of nitrogens with one attached hydrogen (secondary N) is 1. The van der Waals surface area contributed by atoms with Crippen molar-refractivity contribution in [3.8, 4) is 0 Å². The molecule has 1 N–H and O–H groups in total. The molecule has 0 amide bonds. The summed E-state index contributed by atoms with van der Waals surface area (Å²) in [6.07, 6.45) is 0. The summed E-state index contributed by atoms with van der Waals surface area (Å²) >= 11 is 3.31. The van der Waals surface area contributed by atoms with E-state index in [1.807, 2.05) is 6.92 Å². The molecule has 1 unspecified atom stereocenters. The van der Waals surface area contributed by atoms with Gasteiger partial charge in [-0.3, -0.25) is 4.99 Å². The topological polar surface area (TPSA) is 24.4 Å². The van der Waals surface area contributed by atoms with Gasteiger partial charge in [-0.05, 0) is 25.1 Å². The highest BCUT2D eigenvalue weighted by Gasteiger charge is 2.17. The van der Waals surface area contributed by atoms with Crippen molar-refractivity contribution in [1.29, 1.82) is 0 Å². The average Bonchev–Trinajstić information content (AvgIpc) is 2.56. The van der Waals surface area contributed by atoms with E-state index in [0.29, 0.717) is 24.0 Å². The Bertz CT molecular complexity index is 390. The van der Waals surface area contributed by atoms with Crippen molar-refractivity contribution in [3.05, 3.63) is 34.1 Å². The summed E-state index contributed by atoms with van der Waals surface area (Å²) in [6, 6.07) is 5.15. The van der Waals surface area contributed by atoms with E-state index in [2.05, 4.69) is 26.2 Å². The minimum absolute atomic E-state index is 0.242. The number of amidine groups is 1. The zero-order valence-electron chi connectivity index (χ0n) is 7.72. The van der Waals surface area contributed by atoms with E-state index < -0.39 is 0 Å². The highest BCUT2D eigenvalue weighted by Crippen LogP contribution is 2.17. The third kappa shape index (κ3) is 1.80. The first-order valence-electron chi connectivity index (χ1n) is 4.43. The van der Waals surface area contributed by atoms with Gasteiger partial charge in [0.2, 0.25) is 0 Å². The van der Waals surface area contributed by atoms with Crippen molar-refractivity contribution in [2.45, 2.75) is 13.0 Å². The van der Waals surface area contributed by atoms with Gasteiger partial charge >= 0.3 is 0 Å². The van der Waals surface area contributed by atoms with E-state index in [1.165, 1.54) is 6.07 Å². The molecular weight excluding hydrogens is 247 g/mol. The van der Waals surface area contributed by atoms with Gasteiger partial charge in [0.25, 0.3) is 0 Å². The molecule has 1 atom stereocenters. The van der Waals surface area contributed by atoms with E-state index in [9.17, 15) is 4.39 Å². The number of hydrogen-bond donors (Lipinski definition) is 1. The first kappa shape index (κ1) is 9.65. The fraction of sp³-hybridized carbons (Fsp3) is 0.300. The summed E-state index contributed by atoms with van der Waals surface area (Å²) in [6.45, 7) is 2.73. The van der Waals surface area contributed by atoms with Crippen LogP contribution in [0.4, 0.5) is 4.39 Å². The molecule has 74 valence electrons. The molecule has 14 heavy (non-hydrogen) atoms. The molecule has 1 heterocycles. The SMILES string of the molecule is CC1CN=C(c2cc(Br)ccc2F)N1. The number of aliphatic imine (C=N–C) groups is 1. The Morgan fingerprint density at radius 1 is 1.57 bits per heavy atom. The Morgan fingerprint density at radius 2 is 2.36 bits per heavy atom. The van der Waals surface area contributed by atoms with E-state index in [-0.39, 0.29) is 5.82 Å². The molecule has 0 saturated heterocycles. The third-order valence-electron chi connectivity index (χ3n) is 2.09. The van der Waals surface area contributed by atoms with Crippen LogP contribution in [0.25, 0.3) is 0 Å². The highest BCUT2D eigenvalue weighted by atomic mass is 79.9. The summed E-state index contributed by atoms with van der Waals surface area (Å²) in [5.74, 6) is 0.407. The van der Waals surface area contributed by atoms with Gasteiger partial charge in [-0.15, -0.1) is 0 Å². The zero-order valence-corrected chi connectivity index (χ0v) is 9.31. The van der Waals surface area contributed by atoms with Gasteiger partial charge in [0, 0.05) is 10.5 Å². The molecular formula is C10H10BrFN2. The monoisotopic (exact) mass is 256 g/mol. The van der Waals surface area contributed by atoms with Crippen molar-refractivity contribution in [3.63, 3.8) is 0 Å². The van der Waals surface area contributed by atoms with E-state index in [4.69, 9.17) is 0 Å². The Kier molecular flexibility index (Phi) is 2.54. The zero-order chi connectivity index (χ0) is 10.1. The molecule has 1 aliphatic heterocycles. The van der Waals surface area contributed by atoms with E-state index >= 15 is 0 Å². The Hall–Kier alpha value is -0.900. The fourth-order valence-corrected chi connectivity index (χ4v) is 1.76. The van der Waals surface area contributed by atoms with E-state index in [1.54, 1.807) is 12.1 Å². The number of halogens is 2. The maximum absolute atomic E-state index is 13.4. The van der Waals surface area contributed by atoms with E-state index in [0.717, 1.165) is 4.47 Å². The second-order valence-corrected chi connectivity index (χ2v) is 4.27. The second-order valence-electron chi connectivity index (χ2n) is 3.36. The molecule has 0 aromatic heterocycles. The first-order chi connectivity index (χ1) is 6.66. The summed E-state index contributed by atoms with van der Waals surface area (Å²) in [5, 5.41) is 3.13. The lowest BCUT2D eigenvalue weighted by atomic mass is 10.2. The summed E-state index contributed by atoms with van der Waals surface area (Å²) in [5.41, 5.74) is 0.531. The Labute approximate surface area is 90.4 Å². The number of nitrogens with zero attached hydrogens (tertiary/aromatic N) is 1. The predicted molar refractivity (Wildman–Crippen MR) is 58.1 cm³/mol. The minimum atomic E-state index is -0.242. The van der Waals surface area contributed by atoms with Crippen molar-refractivity contribution in [2.75, 3.05) is 6.54 Å². The fourth-order valence-electron chi connectivity index (χ4n) is 1.39. The molecule has 2 rings (SSSR count). The second kappa shape index (κ2) is 3.69. The number of hydrogen-bond acceptors (Lipinski definition) is 2. The van der Waals surface area contributed by atoms with Crippen LogP contribution in [0.15, 0.2) is 27.7 Å². The smallest absolute Gasteiger partial charge is 0.134 e. The van der Waals surface area contributed by atoms with Gasteiger partial charge in [-0.2, -0.15) is 0 Å². The van der Waals surface area contributed by atoms with Gasteiger partial charge in [0.15, 0.2) is 0 Å². The molecule has 0 saturated carbocycles. The van der Waals surface area contributed by atoms with Crippen LogP contribution in [0.2, 0.25) is 0 Å². The molecule has 1 aromatic carbocycles. The van der Waals surface area contributed by atoms with Crippen LogP contribution >= 0.6 is 15.9 Å². The number of benzene rings is 1. The first-order valence-corrected chi connectivity index (χ1v) is 5.22. The van der Waals surface area contributed by atoms with Crippen molar-refractivity contribution >= 4 is 21.8 Å². The van der Waals surface area contributed by atoms with Gasteiger partial charge in [0.05, 0.1) is 12.1 Å². The quantitative estimate of drug-likeness (QED) is 0.820. The molecule has 0 fully saturated rings.